The first kappa shape index (κ1) is 12.4. The van der Waals surface area contributed by atoms with Crippen molar-refractivity contribution >= 4 is 11.8 Å². The van der Waals surface area contributed by atoms with Gasteiger partial charge in [-0.05, 0) is 18.8 Å². The van der Waals surface area contributed by atoms with Crippen LogP contribution in [0.4, 0.5) is 0 Å². The zero-order valence-corrected chi connectivity index (χ0v) is 10.6. The molecule has 1 aliphatic heterocycles. The van der Waals surface area contributed by atoms with Crippen LogP contribution in [0.2, 0.25) is 0 Å². The van der Waals surface area contributed by atoms with E-state index in [1.807, 2.05) is 0 Å². The van der Waals surface area contributed by atoms with Crippen molar-refractivity contribution in [2.45, 2.75) is 25.3 Å². The molecule has 1 saturated heterocycles. The maximum atomic E-state index is 12.1. The van der Waals surface area contributed by atoms with Gasteiger partial charge in [-0.15, -0.1) is 0 Å². The van der Waals surface area contributed by atoms with Gasteiger partial charge in [0.1, 0.15) is 6.04 Å². The first-order chi connectivity index (χ1) is 8.09. The molecular formula is C12H21N3O2. The van der Waals surface area contributed by atoms with Gasteiger partial charge >= 0.3 is 0 Å². The Balaban J connectivity index is 2.00. The van der Waals surface area contributed by atoms with Crippen LogP contribution >= 0.6 is 0 Å². The lowest BCUT2D eigenvalue weighted by atomic mass is 10.1. The van der Waals surface area contributed by atoms with Crippen LogP contribution in [0.3, 0.4) is 0 Å². The van der Waals surface area contributed by atoms with Crippen molar-refractivity contribution in [2.24, 2.45) is 5.92 Å². The van der Waals surface area contributed by atoms with E-state index in [0.717, 1.165) is 6.54 Å². The van der Waals surface area contributed by atoms with Gasteiger partial charge < -0.3 is 15.1 Å². The number of hydrogen-bond acceptors (Lipinski definition) is 3. The molecule has 2 amide bonds. The van der Waals surface area contributed by atoms with Crippen molar-refractivity contribution in [1.29, 1.82) is 0 Å². The summed E-state index contributed by atoms with van der Waals surface area (Å²) in [6.07, 6.45) is 2.96. The average Bonchev–Trinajstić information content (AvgIpc) is 3.11. The first-order valence-electron chi connectivity index (χ1n) is 6.31. The molecule has 96 valence electrons. The van der Waals surface area contributed by atoms with Crippen molar-refractivity contribution in [3.63, 3.8) is 0 Å². The van der Waals surface area contributed by atoms with Gasteiger partial charge in [0.15, 0.2) is 0 Å². The van der Waals surface area contributed by atoms with Crippen LogP contribution in [0.1, 0.15) is 19.3 Å². The van der Waals surface area contributed by atoms with Crippen molar-refractivity contribution in [1.82, 2.24) is 15.1 Å². The van der Waals surface area contributed by atoms with Crippen LogP contribution in [0.25, 0.3) is 0 Å². The van der Waals surface area contributed by atoms with Crippen LogP contribution in [-0.4, -0.2) is 61.4 Å². The minimum absolute atomic E-state index is 0.0151. The number of likely N-dealkylation sites (N-methyl/N-ethyl adjacent to an activating group) is 1. The molecule has 2 rings (SSSR count). The quantitative estimate of drug-likeness (QED) is 0.734. The molecule has 1 heterocycles. The third-order valence-corrected chi connectivity index (χ3v) is 3.45. The largest absolute Gasteiger partial charge is 0.347 e. The Labute approximate surface area is 102 Å². The molecule has 0 radical (unpaired) electrons. The van der Waals surface area contributed by atoms with E-state index in [-0.39, 0.29) is 17.9 Å². The number of carbonyl (C=O) groups excluding carboxylic acids is 2. The summed E-state index contributed by atoms with van der Waals surface area (Å²) in [4.78, 5) is 27.4. The maximum Gasteiger partial charge on any atom is 0.246 e. The molecule has 0 aromatic carbocycles. The first-order valence-corrected chi connectivity index (χ1v) is 6.31. The summed E-state index contributed by atoms with van der Waals surface area (Å²) in [5, 5.41) is 3.18. The van der Waals surface area contributed by atoms with Crippen molar-refractivity contribution in [2.75, 3.05) is 33.7 Å². The SMILES string of the molecule is CN(C)C(=O)C1CNCCN1C(=O)CC1CC1. The smallest absolute Gasteiger partial charge is 0.246 e. The normalized spacial score (nSPS) is 24.6. The topological polar surface area (TPSA) is 52.7 Å². The molecule has 1 unspecified atom stereocenters. The van der Waals surface area contributed by atoms with Crippen molar-refractivity contribution in [3.05, 3.63) is 0 Å². The van der Waals surface area contributed by atoms with E-state index in [9.17, 15) is 9.59 Å². The minimum atomic E-state index is -0.315. The Bertz CT molecular complexity index is 313. The number of carbonyl (C=O) groups is 2. The Morgan fingerprint density at radius 3 is 2.65 bits per heavy atom. The van der Waals surface area contributed by atoms with E-state index in [0.29, 0.717) is 25.4 Å². The highest BCUT2D eigenvalue weighted by Crippen LogP contribution is 2.33. The van der Waals surface area contributed by atoms with Crippen LogP contribution in [0.15, 0.2) is 0 Å². The zero-order chi connectivity index (χ0) is 12.4. The molecule has 5 nitrogen and oxygen atoms in total. The second-order valence-electron chi connectivity index (χ2n) is 5.19. The predicted octanol–water partition coefficient (Wildman–Crippen LogP) is -0.325. The van der Waals surface area contributed by atoms with Gasteiger partial charge in [0.05, 0.1) is 0 Å². The fourth-order valence-corrected chi connectivity index (χ4v) is 2.21. The van der Waals surface area contributed by atoms with Crippen molar-refractivity contribution in [3.8, 4) is 0 Å². The highest BCUT2D eigenvalue weighted by Gasteiger charge is 2.35. The molecule has 0 aromatic rings. The molecule has 1 atom stereocenters. The lowest BCUT2D eigenvalue weighted by Gasteiger charge is -2.36. The number of piperazine rings is 1. The molecule has 2 aliphatic rings. The molecule has 17 heavy (non-hydrogen) atoms. The standard InChI is InChI=1S/C12H21N3O2/c1-14(2)12(17)10-8-13-5-6-15(10)11(16)7-9-3-4-9/h9-10,13H,3-8H2,1-2H3. The van der Waals surface area contributed by atoms with Gasteiger partial charge in [0.2, 0.25) is 11.8 Å². The van der Waals surface area contributed by atoms with E-state index >= 15 is 0 Å². The zero-order valence-electron chi connectivity index (χ0n) is 10.6. The lowest BCUT2D eigenvalue weighted by molar-refractivity contribution is -0.145. The van der Waals surface area contributed by atoms with Crippen LogP contribution < -0.4 is 5.32 Å². The highest BCUT2D eigenvalue weighted by atomic mass is 16.2. The molecule has 1 N–H and O–H groups in total. The Hall–Kier alpha value is -1.10. The van der Waals surface area contributed by atoms with E-state index in [1.54, 1.807) is 23.9 Å². The maximum absolute atomic E-state index is 12.1. The average molecular weight is 239 g/mol. The summed E-state index contributed by atoms with van der Waals surface area (Å²) in [6.45, 7) is 2.01. The minimum Gasteiger partial charge on any atom is -0.347 e. The molecule has 1 aliphatic carbocycles. The summed E-state index contributed by atoms with van der Waals surface area (Å²) in [5.74, 6) is 0.739. The predicted molar refractivity (Wildman–Crippen MR) is 64.4 cm³/mol. The number of amides is 2. The molecule has 0 bridgehead atoms. The second-order valence-corrected chi connectivity index (χ2v) is 5.19. The Morgan fingerprint density at radius 1 is 1.35 bits per heavy atom. The summed E-state index contributed by atoms with van der Waals surface area (Å²) in [7, 11) is 3.47. The van der Waals surface area contributed by atoms with E-state index in [4.69, 9.17) is 0 Å². The molecule has 0 spiro atoms. The third kappa shape index (κ3) is 2.97. The molecule has 1 saturated carbocycles. The van der Waals surface area contributed by atoms with Crippen LogP contribution in [0, 0.1) is 5.92 Å². The summed E-state index contributed by atoms with van der Waals surface area (Å²) >= 11 is 0. The number of nitrogens with zero attached hydrogens (tertiary/aromatic N) is 2. The van der Waals surface area contributed by atoms with E-state index in [2.05, 4.69) is 5.32 Å². The number of nitrogens with one attached hydrogen (secondary N) is 1. The molecular weight excluding hydrogens is 218 g/mol. The third-order valence-electron chi connectivity index (χ3n) is 3.45. The number of rotatable bonds is 3. The highest BCUT2D eigenvalue weighted by molar-refractivity contribution is 5.88. The lowest BCUT2D eigenvalue weighted by Crippen LogP contribution is -2.59. The fraction of sp³-hybridized carbons (Fsp3) is 0.833. The van der Waals surface area contributed by atoms with Gasteiger partial charge in [-0.25, -0.2) is 0 Å². The summed E-state index contributed by atoms with van der Waals surface area (Å²) < 4.78 is 0. The van der Waals surface area contributed by atoms with E-state index < -0.39 is 0 Å². The Kier molecular flexibility index (Phi) is 3.66. The van der Waals surface area contributed by atoms with Gasteiger partial charge in [-0.1, -0.05) is 0 Å². The summed E-state index contributed by atoms with van der Waals surface area (Å²) in [6, 6.07) is -0.315. The molecule has 0 aromatic heterocycles. The Morgan fingerprint density at radius 2 is 2.06 bits per heavy atom. The molecule has 2 fully saturated rings. The fourth-order valence-electron chi connectivity index (χ4n) is 2.21. The van der Waals surface area contributed by atoms with Gasteiger partial charge in [-0.3, -0.25) is 9.59 Å². The second kappa shape index (κ2) is 5.04. The van der Waals surface area contributed by atoms with Gasteiger partial charge in [0.25, 0.3) is 0 Å². The van der Waals surface area contributed by atoms with Crippen LogP contribution in [0.5, 0.6) is 0 Å². The van der Waals surface area contributed by atoms with Gasteiger partial charge in [-0.2, -0.15) is 0 Å². The van der Waals surface area contributed by atoms with Gasteiger partial charge in [0, 0.05) is 40.2 Å². The van der Waals surface area contributed by atoms with E-state index in [1.165, 1.54) is 12.8 Å². The van der Waals surface area contributed by atoms with Crippen molar-refractivity contribution < 1.29 is 9.59 Å². The van der Waals surface area contributed by atoms with Crippen LogP contribution in [-0.2, 0) is 9.59 Å². The molecule has 5 heteroatoms. The number of hydrogen-bond donors (Lipinski definition) is 1. The monoisotopic (exact) mass is 239 g/mol. The summed E-state index contributed by atoms with van der Waals surface area (Å²) in [5.41, 5.74) is 0.